The molecule has 2 aromatic rings. The van der Waals surface area contributed by atoms with E-state index in [0.717, 1.165) is 0 Å². The summed E-state index contributed by atoms with van der Waals surface area (Å²) >= 11 is 7.42. The van der Waals surface area contributed by atoms with Crippen molar-refractivity contribution in [1.82, 2.24) is 10.6 Å². The molecule has 122 valence electrons. The first-order chi connectivity index (χ1) is 11.1. The van der Waals surface area contributed by atoms with Crippen molar-refractivity contribution in [3.63, 3.8) is 0 Å². The van der Waals surface area contributed by atoms with Gasteiger partial charge in [-0.25, -0.2) is 0 Å². The van der Waals surface area contributed by atoms with Crippen molar-refractivity contribution >= 4 is 34.8 Å². The highest BCUT2D eigenvalue weighted by Crippen LogP contribution is 2.14. The van der Waals surface area contributed by atoms with Gasteiger partial charge in [0.25, 0.3) is 5.91 Å². The zero-order valence-electron chi connectivity index (χ0n) is 12.9. The van der Waals surface area contributed by atoms with E-state index in [1.807, 2.05) is 18.4 Å². The molecule has 1 heterocycles. The van der Waals surface area contributed by atoms with Gasteiger partial charge in [0, 0.05) is 28.4 Å². The van der Waals surface area contributed by atoms with Crippen LogP contribution >= 0.6 is 22.9 Å². The quantitative estimate of drug-likeness (QED) is 0.750. The van der Waals surface area contributed by atoms with E-state index in [1.165, 1.54) is 10.4 Å². The molecule has 2 amide bonds. The zero-order chi connectivity index (χ0) is 16.7. The van der Waals surface area contributed by atoms with Crippen LogP contribution in [-0.4, -0.2) is 18.4 Å². The third kappa shape index (κ3) is 5.69. The minimum absolute atomic E-state index is 0.00135. The van der Waals surface area contributed by atoms with Crippen molar-refractivity contribution < 1.29 is 9.59 Å². The van der Waals surface area contributed by atoms with Gasteiger partial charge in [0.05, 0.1) is 6.54 Å². The molecule has 1 aromatic carbocycles. The van der Waals surface area contributed by atoms with Crippen LogP contribution < -0.4 is 10.6 Å². The maximum Gasteiger partial charge on any atom is 0.251 e. The van der Waals surface area contributed by atoms with Gasteiger partial charge in [-0.3, -0.25) is 9.59 Å². The number of benzene rings is 1. The van der Waals surface area contributed by atoms with Gasteiger partial charge in [-0.2, -0.15) is 0 Å². The third-order valence-electron chi connectivity index (χ3n) is 3.39. The lowest BCUT2D eigenvalue weighted by Gasteiger charge is -2.06. The Labute approximate surface area is 144 Å². The standard InChI is InChI=1S/C17H19ClN2O2S/c1-12-8-10-23-15(12)11-20-16(21)3-2-9-19-17(22)13-4-6-14(18)7-5-13/h4-8,10H,2-3,9,11H2,1H3,(H,19,22)(H,20,21). The summed E-state index contributed by atoms with van der Waals surface area (Å²) in [6.45, 7) is 3.07. The summed E-state index contributed by atoms with van der Waals surface area (Å²) in [6, 6.07) is 8.74. The second-order valence-electron chi connectivity index (χ2n) is 5.17. The second-order valence-corrected chi connectivity index (χ2v) is 6.61. The number of amides is 2. The summed E-state index contributed by atoms with van der Waals surface area (Å²) in [7, 11) is 0. The smallest absolute Gasteiger partial charge is 0.251 e. The maximum atomic E-state index is 11.9. The van der Waals surface area contributed by atoms with E-state index in [2.05, 4.69) is 10.6 Å². The minimum Gasteiger partial charge on any atom is -0.352 e. The van der Waals surface area contributed by atoms with Crippen LogP contribution in [0.2, 0.25) is 5.02 Å². The predicted octanol–water partition coefficient (Wildman–Crippen LogP) is 3.54. The van der Waals surface area contributed by atoms with Crippen molar-refractivity contribution in [2.24, 2.45) is 0 Å². The average Bonchev–Trinajstić information content (AvgIpc) is 2.95. The molecule has 2 N–H and O–H groups in total. The Morgan fingerprint density at radius 1 is 1.13 bits per heavy atom. The Morgan fingerprint density at radius 3 is 2.52 bits per heavy atom. The number of halogens is 1. The Bertz CT molecular complexity index is 667. The van der Waals surface area contributed by atoms with Crippen LogP contribution in [0.3, 0.4) is 0 Å². The molecule has 0 saturated carbocycles. The van der Waals surface area contributed by atoms with Crippen molar-refractivity contribution in [1.29, 1.82) is 0 Å². The molecule has 0 aliphatic heterocycles. The Balaban J connectivity index is 1.63. The highest BCUT2D eigenvalue weighted by Gasteiger charge is 2.06. The van der Waals surface area contributed by atoms with Gasteiger partial charge in [-0.1, -0.05) is 11.6 Å². The maximum absolute atomic E-state index is 11.9. The lowest BCUT2D eigenvalue weighted by atomic mass is 10.2. The summed E-state index contributed by atoms with van der Waals surface area (Å²) in [4.78, 5) is 24.8. The summed E-state index contributed by atoms with van der Waals surface area (Å²) in [5.74, 6) is -0.158. The monoisotopic (exact) mass is 350 g/mol. The summed E-state index contributed by atoms with van der Waals surface area (Å²) in [5, 5.41) is 8.30. The molecular formula is C17H19ClN2O2S. The third-order valence-corrected chi connectivity index (χ3v) is 4.66. The number of carbonyl (C=O) groups is 2. The van der Waals surface area contributed by atoms with Crippen molar-refractivity contribution in [2.75, 3.05) is 6.54 Å². The van der Waals surface area contributed by atoms with E-state index in [1.54, 1.807) is 35.6 Å². The molecule has 0 bridgehead atoms. The topological polar surface area (TPSA) is 58.2 Å². The predicted molar refractivity (Wildman–Crippen MR) is 93.9 cm³/mol. The number of nitrogens with one attached hydrogen (secondary N) is 2. The Hall–Kier alpha value is -1.85. The minimum atomic E-state index is -0.156. The molecular weight excluding hydrogens is 332 g/mol. The van der Waals surface area contributed by atoms with Gasteiger partial charge >= 0.3 is 0 Å². The number of aryl methyl sites for hydroxylation is 1. The molecule has 23 heavy (non-hydrogen) atoms. The first-order valence-corrected chi connectivity index (χ1v) is 8.65. The number of carbonyl (C=O) groups excluding carboxylic acids is 2. The molecule has 6 heteroatoms. The fourth-order valence-electron chi connectivity index (χ4n) is 2.01. The van der Waals surface area contributed by atoms with Crippen LogP contribution in [0.15, 0.2) is 35.7 Å². The molecule has 0 aliphatic rings. The van der Waals surface area contributed by atoms with E-state index in [9.17, 15) is 9.59 Å². The van der Waals surface area contributed by atoms with Crippen LogP contribution in [0, 0.1) is 6.92 Å². The van der Waals surface area contributed by atoms with Gasteiger partial charge < -0.3 is 10.6 Å². The van der Waals surface area contributed by atoms with Crippen LogP contribution in [0.5, 0.6) is 0 Å². The highest BCUT2D eigenvalue weighted by atomic mass is 35.5. The molecule has 0 aliphatic carbocycles. The fraction of sp³-hybridized carbons (Fsp3) is 0.294. The van der Waals surface area contributed by atoms with E-state index in [4.69, 9.17) is 11.6 Å². The van der Waals surface area contributed by atoms with Crippen molar-refractivity contribution in [3.8, 4) is 0 Å². The lowest BCUT2D eigenvalue weighted by Crippen LogP contribution is -2.27. The SMILES string of the molecule is Cc1ccsc1CNC(=O)CCCNC(=O)c1ccc(Cl)cc1. The van der Waals surface area contributed by atoms with Crippen LogP contribution in [0.1, 0.15) is 33.6 Å². The second kappa shape index (κ2) is 8.70. The van der Waals surface area contributed by atoms with Gasteiger partial charge in [0.15, 0.2) is 0 Å². The summed E-state index contributed by atoms with van der Waals surface area (Å²) < 4.78 is 0. The van der Waals surface area contributed by atoms with Crippen molar-refractivity contribution in [3.05, 3.63) is 56.7 Å². The number of hydrogen-bond acceptors (Lipinski definition) is 3. The first kappa shape index (κ1) is 17.5. The number of hydrogen-bond donors (Lipinski definition) is 2. The molecule has 0 atom stereocenters. The van der Waals surface area contributed by atoms with Crippen LogP contribution in [0.4, 0.5) is 0 Å². The van der Waals surface area contributed by atoms with Gasteiger partial charge in [-0.05, 0) is 54.6 Å². The number of rotatable bonds is 7. The largest absolute Gasteiger partial charge is 0.352 e. The van der Waals surface area contributed by atoms with E-state index < -0.39 is 0 Å². The molecule has 0 unspecified atom stereocenters. The van der Waals surface area contributed by atoms with E-state index >= 15 is 0 Å². The molecule has 0 fully saturated rings. The fourth-order valence-corrected chi connectivity index (χ4v) is 2.98. The zero-order valence-corrected chi connectivity index (χ0v) is 14.5. The average molecular weight is 351 g/mol. The Kier molecular flexibility index (Phi) is 6.62. The molecule has 0 saturated heterocycles. The van der Waals surface area contributed by atoms with Gasteiger partial charge in [0.2, 0.25) is 5.91 Å². The summed E-state index contributed by atoms with van der Waals surface area (Å²) in [6.07, 6.45) is 1.000. The molecule has 0 spiro atoms. The van der Waals surface area contributed by atoms with E-state index in [0.29, 0.717) is 36.5 Å². The molecule has 1 aromatic heterocycles. The van der Waals surface area contributed by atoms with Crippen molar-refractivity contribution in [2.45, 2.75) is 26.3 Å². The van der Waals surface area contributed by atoms with Gasteiger partial charge in [-0.15, -0.1) is 11.3 Å². The van der Waals surface area contributed by atoms with Gasteiger partial charge in [0.1, 0.15) is 0 Å². The highest BCUT2D eigenvalue weighted by molar-refractivity contribution is 7.10. The Morgan fingerprint density at radius 2 is 1.87 bits per heavy atom. The van der Waals surface area contributed by atoms with Crippen LogP contribution in [0.25, 0.3) is 0 Å². The molecule has 0 radical (unpaired) electrons. The molecule has 4 nitrogen and oxygen atoms in total. The van der Waals surface area contributed by atoms with E-state index in [-0.39, 0.29) is 11.8 Å². The first-order valence-electron chi connectivity index (χ1n) is 7.39. The normalized spacial score (nSPS) is 10.3. The lowest BCUT2D eigenvalue weighted by molar-refractivity contribution is -0.121. The number of thiophene rings is 1. The molecule has 2 rings (SSSR count). The van der Waals surface area contributed by atoms with Crippen LogP contribution in [-0.2, 0) is 11.3 Å². The summed E-state index contributed by atoms with van der Waals surface area (Å²) in [5.41, 5.74) is 1.76.